The van der Waals surface area contributed by atoms with Crippen molar-refractivity contribution >= 4 is 17.7 Å². The second-order valence-corrected chi connectivity index (χ2v) is 15.4. The molecule has 0 radical (unpaired) electrons. The fourth-order valence-electron chi connectivity index (χ4n) is 10.0. The number of hydrogen-bond donors (Lipinski definition) is 0. The van der Waals surface area contributed by atoms with Crippen molar-refractivity contribution in [3.05, 3.63) is 47.6 Å². The van der Waals surface area contributed by atoms with E-state index in [1.165, 1.54) is 51.4 Å². The van der Waals surface area contributed by atoms with Crippen molar-refractivity contribution in [2.75, 3.05) is 19.0 Å². The Morgan fingerprint density at radius 3 is 2.46 bits per heavy atom. The van der Waals surface area contributed by atoms with Gasteiger partial charge in [0.15, 0.2) is 0 Å². The summed E-state index contributed by atoms with van der Waals surface area (Å²) >= 11 is 0. The van der Waals surface area contributed by atoms with Gasteiger partial charge in [0.2, 0.25) is 0 Å². The molecule has 0 spiro atoms. The standard InChI is InChI=1S/C38H57NO2/c1-26(2)9-8-10-27(3)33-18-19-34-32-17-14-29-25-31(21-23-37(29,4)35(32)22-24-38(33,34)5)41-36(40)20-13-28-11-15-30(16-12-28)39(6)7/h11-16,20,26-27,31-35H,8-10,17-19,21-25H2,1-7H3/b20-13+. The summed E-state index contributed by atoms with van der Waals surface area (Å²) in [7, 11) is 4.07. The second-order valence-electron chi connectivity index (χ2n) is 15.4. The summed E-state index contributed by atoms with van der Waals surface area (Å²) in [5.74, 6) is 4.93. The monoisotopic (exact) mass is 559 g/mol. The zero-order valence-corrected chi connectivity index (χ0v) is 27.1. The molecule has 41 heavy (non-hydrogen) atoms. The largest absolute Gasteiger partial charge is 0.459 e. The minimum absolute atomic E-state index is 0.00977. The van der Waals surface area contributed by atoms with Crippen molar-refractivity contribution in [3.8, 4) is 0 Å². The molecule has 4 aliphatic carbocycles. The van der Waals surface area contributed by atoms with Crippen molar-refractivity contribution in [2.24, 2.45) is 46.3 Å². The maximum atomic E-state index is 12.7. The molecule has 0 N–H and O–H groups in total. The molecular weight excluding hydrogens is 502 g/mol. The highest BCUT2D eigenvalue weighted by molar-refractivity contribution is 5.87. The van der Waals surface area contributed by atoms with Gasteiger partial charge < -0.3 is 9.64 Å². The van der Waals surface area contributed by atoms with Gasteiger partial charge in [0, 0.05) is 32.3 Å². The number of rotatable bonds is 9. The van der Waals surface area contributed by atoms with Gasteiger partial charge >= 0.3 is 5.97 Å². The number of fused-ring (bicyclic) bond motifs is 5. The third kappa shape index (κ3) is 6.21. The molecule has 0 aromatic heterocycles. The van der Waals surface area contributed by atoms with E-state index in [4.69, 9.17) is 4.74 Å². The topological polar surface area (TPSA) is 29.5 Å². The van der Waals surface area contributed by atoms with Crippen LogP contribution in [0.2, 0.25) is 0 Å². The van der Waals surface area contributed by atoms with E-state index < -0.39 is 0 Å². The number of carbonyl (C=O) groups excluding carboxylic acids is 1. The van der Waals surface area contributed by atoms with Crippen LogP contribution in [0, 0.1) is 46.3 Å². The van der Waals surface area contributed by atoms with Gasteiger partial charge in [-0.2, -0.15) is 0 Å². The van der Waals surface area contributed by atoms with E-state index in [0.717, 1.165) is 66.0 Å². The van der Waals surface area contributed by atoms with Crippen LogP contribution >= 0.6 is 0 Å². The molecule has 4 aliphatic rings. The molecule has 8 atom stereocenters. The fraction of sp³-hybridized carbons (Fsp3) is 0.711. The smallest absolute Gasteiger partial charge is 0.331 e. The molecule has 0 saturated heterocycles. The van der Waals surface area contributed by atoms with E-state index in [2.05, 4.69) is 57.7 Å². The lowest BCUT2D eigenvalue weighted by Crippen LogP contribution is -2.51. The van der Waals surface area contributed by atoms with Gasteiger partial charge in [-0.25, -0.2) is 4.79 Å². The van der Waals surface area contributed by atoms with Crippen LogP contribution in [0.1, 0.15) is 111 Å². The highest BCUT2D eigenvalue weighted by Gasteiger charge is 2.59. The molecule has 0 heterocycles. The molecule has 0 aliphatic heterocycles. The molecule has 8 unspecified atom stereocenters. The van der Waals surface area contributed by atoms with E-state index in [9.17, 15) is 4.79 Å². The number of anilines is 1. The molecule has 226 valence electrons. The van der Waals surface area contributed by atoms with Crippen molar-refractivity contribution in [1.29, 1.82) is 0 Å². The Labute approximate surface area is 251 Å². The van der Waals surface area contributed by atoms with E-state index in [1.807, 2.05) is 32.3 Å². The average molecular weight is 560 g/mol. The zero-order valence-electron chi connectivity index (χ0n) is 27.1. The Balaban J connectivity index is 1.19. The SMILES string of the molecule is CC(C)CCCC(C)C1CCC2C3CC=C4CC(OC(=O)/C=C/c5ccc(N(C)C)cc5)CCC4(C)C3CCC12C. The van der Waals surface area contributed by atoms with E-state index in [-0.39, 0.29) is 17.5 Å². The first kappa shape index (κ1) is 30.4. The summed E-state index contributed by atoms with van der Waals surface area (Å²) in [6.45, 7) is 12.6. The number of benzene rings is 1. The lowest BCUT2D eigenvalue weighted by atomic mass is 9.47. The molecule has 3 nitrogen and oxygen atoms in total. The molecule has 0 amide bonds. The highest BCUT2D eigenvalue weighted by Crippen LogP contribution is 2.67. The summed E-state index contributed by atoms with van der Waals surface area (Å²) in [5.41, 5.74) is 4.59. The Morgan fingerprint density at radius 1 is 1.00 bits per heavy atom. The average Bonchev–Trinajstić information content (AvgIpc) is 3.29. The van der Waals surface area contributed by atoms with Gasteiger partial charge in [-0.05, 0) is 115 Å². The predicted molar refractivity (Wildman–Crippen MR) is 173 cm³/mol. The first-order chi connectivity index (χ1) is 19.5. The molecule has 3 saturated carbocycles. The van der Waals surface area contributed by atoms with Gasteiger partial charge in [0.25, 0.3) is 0 Å². The normalized spacial score (nSPS) is 35.4. The summed E-state index contributed by atoms with van der Waals surface area (Å²) in [4.78, 5) is 14.8. The van der Waals surface area contributed by atoms with Gasteiger partial charge in [-0.15, -0.1) is 0 Å². The maximum absolute atomic E-state index is 12.7. The van der Waals surface area contributed by atoms with Crippen LogP contribution in [0.15, 0.2) is 42.0 Å². The molecular formula is C38H57NO2. The fourth-order valence-corrected chi connectivity index (χ4v) is 10.0. The molecule has 1 aromatic carbocycles. The van der Waals surface area contributed by atoms with Gasteiger partial charge in [-0.1, -0.05) is 77.7 Å². The maximum Gasteiger partial charge on any atom is 0.331 e. The molecule has 5 rings (SSSR count). The summed E-state index contributed by atoms with van der Waals surface area (Å²) in [5, 5.41) is 0. The van der Waals surface area contributed by atoms with E-state index in [1.54, 1.807) is 11.6 Å². The third-order valence-electron chi connectivity index (χ3n) is 12.4. The lowest BCUT2D eigenvalue weighted by molar-refractivity contribution is -0.145. The Morgan fingerprint density at radius 2 is 1.76 bits per heavy atom. The van der Waals surface area contributed by atoms with Crippen molar-refractivity contribution in [2.45, 2.75) is 111 Å². The van der Waals surface area contributed by atoms with Crippen molar-refractivity contribution < 1.29 is 9.53 Å². The van der Waals surface area contributed by atoms with Crippen LogP contribution in [0.4, 0.5) is 5.69 Å². The highest BCUT2D eigenvalue weighted by atomic mass is 16.5. The summed E-state index contributed by atoms with van der Waals surface area (Å²) in [6, 6.07) is 8.24. The minimum Gasteiger partial charge on any atom is -0.459 e. The van der Waals surface area contributed by atoms with Gasteiger partial charge in [0.1, 0.15) is 6.10 Å². The van der Waals surface area contributed by atoms with Gasteiger partial charge in [-0.3, -0.25) is 0 Å². The first-order valence-corrected chi connectivity index (χ1v) is 16.9. The van der Waals surface area contributed by atoms with Crippen LogP contribution in [0.5, 0.6) is 0 Å². The molecule has 3 heteroatoms. The Hall–Kier alpha value is -2.03. The lowest BCUT2D eigenvalue weighted by Gasteiger charge is -2.58. The van der Waals surface area contributed by atoms with Gasteiger partial charge in [0.05, 0.1) is 0 Å². The summed E-state index contributed by atoms with van der Waals surface area (Å²) in [6.07, 6.45) is 20.3. The minimum atomic E-state index is -0.211. The summed E-state index contributed by atoms with van der Waals surface area (Å²) < 4.78 is 6.00. The predicted octanol–water partition coefficient (Wildman–Crippen LogP) is 9.72. The van der Waals surface area contributed by atoms with Crippen molar-refractivity contribution in [3.63, 3.8) is 0 Å². The number of nitrogens with zero attached hydrogens (tertiary/aromatic N) is 1. The molecule has 0 bridgehead atoms. The van der Waals surface area contributed by atoms with Crippen LogP contribution in [0.25, 0.3) is 6.08 Å². The second kappa shape index (κ2) is 12.3. The Kier molecular flexibility index (Phi) is 9.12. The first-order valence-electron chi connectivity index (χ1n) is 16.9. The van der Waals surface area contributed by atoms with Crippen LogP contribution in [-0.4, -0.2) is 26.2 Å². The number of ether oxygens (including phenoxy) is 1. The van der Waals surface area contributed by atoms with Crippen LogP contribution in [-0.2, 0) is 9.53 Å². The number of allylic oxidation sites excluding steroid dienone is 1. The molecule has 3 fully saturated rings. The number of carbonyl (C=O) groups is 1. The third-order valence-corrected chi connectivity index (χ3v) is 12.4. The van der Waals surface area contributed by atoms with Crippen molar-refractivity contribution in [1.82, 2.24) is 0 Å². The Bertz CT molecular complexity index is 1120. The van der Waals surface area contributed by atoms with Crippen LogP contribution < -0.4 is 4.90 Å². The number of esters is 1. The molecule has 1 aromatic rings. The van der Waals surface area contributed by atoms with E-state index >= 15 is 0 Å². The van der Waals surface area contributed by atoms with E-state index in [0.29, 0.717) is 5.41 Å². The van der Waals surface area contributed by atoms with Crippen LogP contribution in [0.3, 0.4) is 0 Å². The zero-order chi connectivity index (χ0) is 29.4. The number of hydrogen-bond acceptors (Lipinski definition) is 3. The quantitative estimate of drug-likeness (QED) is 0.171.